The van der Waals surface area contributed by atoms with Gasteiger partial charge in [-0.15, -0.1) is 11.8 Å². The molecule has 0 aromatic heterocycles. The molecule has 0 radical (unpaired) electrons. The van der Waals surface area contributed by atoms with Gasteiger partial charge in [0.1, 0.15) is 0 Å². The summed E-state index contributed by atoms with van der Waals surface area (Å²) in [6.07, 6.45) is -0.988. The van der Waals surface area contributed by atoms with Crippen molar-refractivity contribution in [2.75, 3.05) is 0 Å². The summed E-state index contributed by atoms with van der Waals surface area (Å²) < 4.78 is 4.75. The fourth-order valence-corrected chi connectivity index (χ4v) is 2.61. The fraction of sp³-hybridized carbons (Fsp3) is 0.364. The SMILES string of the molecule is C[C@H]1C(=O)OC(O)[C@H]1Sc1ccccc1. The Morgan fingerprint density at radius 1 is 1.33 bits per heavy atom. The Morgan fingerprint density at radius 3 is 2.53 bits per heavy atom. The first kappa shape index (κ1) is 10.5. The van der Waals surface area contributed by atoms with Gasteiger partial charge in [-0.3, -0.25) is 4.79 Å². The van der Waals surface area contributed by atoms with E-state index >= 15 is 0 Å². The van der Waals surface area contributed by atoms with Gasteiger partial charge >= 0.3 is 5.97 Å². The standard InChI is InChI=1S/C11H12O3S/c1-7-9(11(13)14-10(7)12)15-8-5-3-2-4-6-8/h2-7,9,11,13H,1H3/t7-,9+,11?/m1/s1. The third-order valence-electron chi connectivity index (χ3n) is 2.40. The maximum Gasteiger partial charge on any atom is 0.312 e. The van der Waals surface area contributed by atoms with E-state index < -0.39 is 6.29 Å². The summed E-state index contributed by atoms with van der Waals surface area (Å²) in [5.74, 6) is -0.582. The molecule has 1 saturated heterocycles. The number of hydrogen-bond donors (Lipinski definition) is 1. The third-order valence-corrected chi connectivity index (χ3v) is 3.86. The summed E-state index contributed by atoms with van der Waals surface area (Å²) in [6, 6.07) is 9.69. The molecule has 0 saturated carbocycles. The molecule has 4 heteroatoms. The van der Waals surface area contributed by atoms with Crippen molar-refractivity contribution in [2.24, 2.45) is 5.92 Å². The van der Waals surface area contributed by atoms with Crippen LogP contribution >= 0.6 is 11.8 Å². The van der Waals surface area contributed by atoms with E-state index in [-0.39, 0.29) is 17.1 Å². The molecule has 1 aliphatic rings. The van der Waals surface area contributed by atoms with Crippen LogP contribution < -0.4 is 0 Å². The van der Waals surface area contributed by atoms with Crippen molar-refractivity contribution < 1.29 is 14.6 Å². The van der Waals surface area contributed by atoms with Gasteiger partial charge < -0.3 is 9.84 Å². The van der Waals surface area contributed by atoms with Gasteiger partial charge in [0.25, 0.3) is 0 Å². The van der Waals surface area contributed by atoms with Crippen molar-refractivity contribution in [1.82, 2.24) is 0 Å². The summed E-state index contributed by atoms with van der Waals surface area (Å²) in [4.78, 5) is 12.2. The summed E-state index contributed by atoms with van der Waals surface area (Å²) >= 11 is 1.48. The number of rotatable bonds is 2. The molecular formula is C11H12O3S. The van der Waals surface area contributed by atoms with Gasteiger partial charge in [-0.25, -0.2) is 0 Å². The molecule has 0 aliphatic carbocycles. The van der Waals surface area contributed by atoms with Gasteiger partial charge in [0.2, 0.25) is 6.29 Å². The molecule has 0 spiro atoms. The lowest BCUT2D eigenvalue weighted by Crippen LogP contribution is -2.21. The smallest absolute Gasteiger partial charge is 0.312 e. The summed E-state index contributed by atoms with van der Waals surface area (Å²) in [6.45, 7) is 1.78. The molecule has 1 fully saturated rings. The number of thioether (sulfide) groups is 1. The van der Waals surface area contributed by atoms with Crippen molar-refractivity contribution in [3.63, 3.8) is 0 Å². The third kappa shape index (κ3) is 2.16. The second kappa shape index (κ2) is 4.24. The van der Waals surface area contributed by atoms with Gasteiger partial charge in [-0.2, -0.15) is 0 Å². The Hall–Kier alpha value is -1.00. The molecule has 0 bridgehead atoms. The highest BCUT2D eigenvalue weighted by atomic mass is 32.2. The van der Waals surface area contributed by atoms with Gasteiger partial charge in [0.15, 0.2) is 0 Å². The second-order valence-electron chi connectivity index (χ2n) is 3.51. The van der Waals surface area contributed by atoms with Crippen LogP contribution in [0.25, 0.3) is 0 Å². The van der Waals surface area contributed by atoms with E-state index in [1.54, 1.807) is 6.92 Å². The summed E-state index contributed by atoms with van der Waals surface area (Å²) in [5.41, 5.74) is 0. The second-order valence-corrected chi connectivity index (χ2v) is 4.76. The molecular weight excluding hydrogens is 212 g/mol. The van der Waals surface area contributed by atoms with Crippen molar-refractivity contribution in [3.8, 4) is 0 Å². The molecule has 1 aromatic rings. The van der Waals surface area contributed by atoms with Crippen LogP contribution in [0.1, 0.15) is 6.92 Å². The van der Waals surface area contributed by atoms with Crippen LogP contribution in [0, 0.1) is 5.92 Å². The lowest BCUT2D eigenvalue weighted by atomic mass is 10.1. The van der Waals surface area contributed by atoms with Gasteiger partial charge in [0.05, 0.1) is 11.2 Å². The van der Waals surface area contributed by atoms with Crippen LogP contribution in [0.3, 0.4) is 0 Å². The molecule has 80 valence electrons. The Morgan fingerprint density at radius 2 is 2.00 bits per heavy atom. The monoisotopic (exact) mass is 224 g/mol. The average Bonchev–Trinajstić information content (AvgIpc) is 2.47. The lowest BCUT2D eigenvalue weighted by Gasteiger charge is -2.13. The quantitative estimate of drug-likeness (QED) is 0.776. The normalized spacial score (nSPS) is 30.3. The van der Waals surface area contributed by atoms with E-state index in [1.807, 2.05) is 30.3 Å². The first-order valence-electron chi connectivity index (χ1n) is 4.79. The molecule has 1 N–H and O–H groups in total. The zero-order valence-corrected chi connectivity index (χ0v) is 9.11. The molecule has 0 amide bonds. The van der Waals surface area contributed by atoms with E-state index in [0.717, 1.165) is 4.90 Å². The van der Waals surface area contributed by atoms with E-state index in [1.165, 1.54) is 11.8 Å². The largest absolute Gasteiger partial charge is 0.434 e. The number of hydrogen-bond acceptors (Lipinski definition) is 4. The summed E-state index contributed by atoms with van der Waals surface area (Å²) in [5, 5.41) is 9.32. The molecule has 3 atom stereocenters. The van der Waals surface area contributed by atoms with E-state index in [4.69, 9.17) is 4.74 Å². The Labute approximate surface area is 92.4 Å². The Bertz CT molecular complexity index is 352. The number of esters is 1. The minimum absolute atomic E-state index is 0.208. The fourth-order valence-electron chi connectivity index (χ4n) is 1.49. The zero-order valence-electron chi connectivity index (χ0n) is 8.29. The van der Waals surface area contributed by atoms with Gasteiger partial charge in [0, 0.05) is 4.90 Å². The number of ether oxygens (including phenoxy) is 1. The highest BCUT2D eigenvalue weighted by Crippen LogP contribution is 2.35. The van der Waals surface area contributed by atoms with E-state index in [9.17, 15) is 9.90 Å². The molecule has 1 unspecified atom stereocenters. The number of aliphatic hydroxyl groups excluding tert-OH is 1. The van der Waals surface area contributed by atoms with Crippen LogP contribution in [-0.2, 0) is 9.53 Å². The molecule has 3 nitrogen and oxygen atoms in total. The molecule has 1 heterocycles. The van der Waals surface area contributed by atoms with E-state index in [2.05, 4.69) is 0 Å². The topological polar surface area (TPSA) is 46.5 Å². The highest BCUT2D eigenvalue weighted by molar-refractivity contribution is 8.00. The first-order valence-corrected chi connectivity index (χ1v) is 5.67. The Kier molecular flexibility index (Phi) is 2.98. The maximum atomic E-state index is 11.2. The minimum Gasteiger partial charge on any atom is -0.434 e. The predicted octanol–water partition coefficient (Wildman–Crippen LogP) is 1.66. The van der Waals surface area contributed by atoms with Crippen LogP contribution in [0.5, 0.6) is 0 Å². The zero-order chi connectivity index (χ0) is 10.8. The highest BCUT2D eigenvalue weighted by Gasteiger charge is 2.41. The van der Waals surface area contributed by atoms with Crippen LogP contribution in [0.15, 0.2) is 35.2 Å². The van der Waals surface area contributed by atoms with Crippen LogP contribution in [-0.4, -0.2) is 22.6 Å². The van der Waals surface area contributed by atoms with Crippen molar-refractivity contribution in [2.45, 2.75) is 23.4 Å². The summed E-state index contributed by atoms with van der Waals surface area (Å²) in [7, 11) is 0. The van der Waals surface area contributed by atoms with Crippen molar-refractivity contribution in [1.29, 1.82) is 0 Å². The number of carbonyl (C=O) groups excluding carboxylic acids is 1. The van der Waals surface area contributed by atoms with Crippen molar-refractivity contribution >= 4 is 17.7 Å². The number of cyclic esters (lactones) is 1. The molecule has 15 heavy (non-hydrogen) atoms. The number of aliphatic hydroxyl groups is 1. The molecule has 2 rings (SSSR count). The van der Waals surface area contributed by atoms with Gasteiger partial charge in [-0.05, 0) is 12.1 Å². The number of benzene rings is 1. The van der Waals surface area contributed by atoms with E-state index in [0.29, 0.717) is 0 Å². The van der Waals surface area contributed by atoms with Crippen LogP contribution in [0.2, 0.25) is 0 Å². The molecule has 1 aromatic carbocycles. The average molecular weight is 224 g/mol. The lowest BCUT2D eigenvalue weighted by molar-refractivity contribution is -0.154. The van der Waals surface area contributed by atoms with Crippen molar-refractivity contribution in [3.05, 3.63) is 30.3 Å². The van der Waals surface area contributed by atoms with Gasteiger partial charge in [-0.1, -0.05) is 25.1 Å². The number of carbonyl (C=O) groups is 1. The Balaban J connectivity index is 2.09. The first-order chi connectivity index (χ1) is 7.18. The predicted molar refractivity (Wildman–Crippen MR) is 57.3 cm³/mol. The molecule has 1 aliphatic heterocycles. The maximum absolute atomic E-state index is 11.2. The minimum atomic E-state index is -0.988. The van der Waals surface area contributed by atoms with Crippen LogP contribution in [0.4, 0.5) is 0 Å².